The third kappa shape index (κ3) is 3.42. The van der Waals surface area contributed by atoms with E-state index in [2.05, 4.69) is 10.3 Å². The first kappa shape index (κ1) is 21.2. The highest BCUT2D eigenvalue weighted by Gasteiger charge is 2.62. The number of aromatic nitrogens is 1. The maximum Gasteiger partial charge on any atom is 0.419 e. The molecule has 0 saturated carbocycles. The zero-order valence-corrected chi connectivity index (χ0v) is 16.4. The van der Waals surface area contributed by atoms with Gasteiger partial charge in [0.05, 0.1) is 11.6 Å². The maximum absolute atomic E-state index is 14.2. The van der Waals surface area contributed by atoms with Crippen LogP contribution in [0.5, 0.6) is 5.75 Å². The number of aromatic amines is 1. The largest absolute Gasteiger partial charge is 0.508 e. The van der Waals surface area contributed by atoms with Gasteiger partial charge in [-0.2, -0.15) is 13.2 Å². The van der Waals surface area contributed by atoms with Gasteiger partial charge < -0.3 is 20.5 Å². The number of aromatic hydroxyl groups is 1. The number of hydrogen-bond donors (Lipinski definition) is 4. The van der Waals surface area contributed by atoms with Crippen molar-refractivity contribution in [1.29, 1.82) is 0 Å². The minimum absolute atomic E-state index is 0.0248. The molecule has 0 bridgehead atoms. The molecule has 31 heavy (non-hydrogen) atoms. The lowest BCUT2D eigenvalue weighted by molar-refractivity contribution is -0.272. The standard InChI is InChI=1S/C22H20F4N2O3/c1-2-11-10-21(31,22(24,25)26)20(14-4-3-5-17(29)19(11)14)28-16-9-12(23)8-15-13(16)6-7-18(30)27-15/h3-9,11,20,28-29,31H,2,10H2,1H3,(H,27,30)/t11-,20+,21-/m1/s1. The zero-order valence-electron chi connectivity index (χ0n) is 16.4. The van der Waals surface area contributed by atoms with E-state index < -0.39 is 41.5 Å². The topological polar surface area (TPSA) is 85.4 Å². The summed E-state index contributed by atoms with van der Waals surface area (Å²) in [5, 5.41) is 24.3. The van der Waals surface area contributed by atoms with Gasteiger partial charge in [0.25, 0.3) is 0 Å². The zero-order chi connectivity index (χ0) is 22.6. The number of nitrogens with one attached hydrogen (secondary N) is 2. The first-order chi connectivity index (χ1) is 14.5. The van der Waals surface area contributed by atoms with E-state index in [0.717, 1.165) is 12.1 Å². The molecule has 0 aliphatic heterocycles. The molecule has 3 atom stereocenters. The fourth-order valence-electron chi connectivity index (χ4n) is 4.45. The Labute approximate surface area is 174 Å². The van der Waals surface area contributed by atoms with Crippen LogP contribution in [0, 0.1) is 5.82 Å². The monoisotopic (exact) mass is 436 g/mol. The molecule has 1 heterocycles. The summed E-state index contributed by atoms with van der Waals surface area (Å²) in [5.41, 5.74) is -3.18. The first-order valence-electron chi connectivity index (χ1n) is 9.75. The van der Waals surface area contributed by atoms with Crippen molar-refractivity contribution in [3.8, 4) is 5.75 Å². The summed E-state index contributed by atoms with van der Waals surface area (Å²) in [6.45, 7) is 1.68. The van der Waals surface area contributed by atoms with Crippen molar-refractivity contribution >= 4 is 16.6 Å². The summed E-state index contributed by atoms with van der Waals surface area (Å²) in [6, 6.07) is 7.09. The Morgan fingerprint density at radius 2 is 1.97 bits per heavy atom. The molecule has 1 aliphatic carbocycles. The number of benzene rings is 2. The predicted molar refractivity (Wildman–Crippen MR) is 108 cm³/mol. The molecular weight excluding hydrogens is 416 g/mol. The van der Waals surface area contributed by atoms with E-state index in [4.69, 9.17) is 0 Å². The van der Waals surface area contributed by atoms with E-state index in [-0.39, 0.29) is 34.3 Å². The van der Waals surface area contributed by atoms with Crippen LogP contribution in [0.1, 0.15) is 42.9 Å². The van der Waals surface area contributed by atoms with Crippen LogP contribution in [0.2, 0.25) is 0 Å². The fourth-order valence-corrected chi connectivity index (χ4v) is 4.45. The molecule has 9 heteroatoms. The summed E-state index contributed by atoms with van der Waals surface area (Å²) < 4.78 is 56.7. The minimum Gasteiger partial charge on any atom is -0.508 e. The van der Waals surface area contributed by atoms with Gasteiger partial charge in [-0.25, -0.2) is 4.39 Å². The van der Waals surface area contributed by atoms with Gasteiger partial charge in [0.15, 0.2) is 5.60 Å². The second-order valence-corrected chi connectivity index (χ2v) is 7.83. The third-order valence-corrected chi connectivity index (χ3v) is 5.96. The lowest BCUT2D eigenvalue weighted by Gasteiger charge is -2.45. The Hall–Kier alpha value is -3.07. The van der Waals surface area contributed by atoms with Crippen LogP contribution in [0.3, 0.4) is 0 Å². The lowest BCUT2D eigenvalue weighted by atomic mass is 9.69. The molecule has 0 unspecified atom stereocenters. The van der Waals surface area contributed by atoms with Crippen molar-refractivity contribution in [2.24, 2.45) is 0 Å². The van der Waals surface area contributed by atoms with Gasteiger partial charge in [0.1, 0.15) is 11.6 Å². The van der Waals surface area contributed by atoms with Crippen molar-refractivity contribution in [1.82, 2.24) is 4.98 Å². The number of aliphatic hydroxyl groups is 1. The highest BCUT2D eigenvalue weighted by molar-refractivity contribution is 5.91. The van der Waals surface area contributed by atoms with Crippen molar-refractivity contribution in [2.75, 3.05) is 5.32 Å². The number of H-pyrrole nitrogens is 1. The first-order valence-corrected chi connectivity index (χ1v) is 9.75. The molecule has 0 spiro atoms. The molecule has 1 aromatic heterocycles. The van der Waals surface area contributed by atoms with E-state index in [0.29, 0.717) is 5.56 Å². The van der Waals surface area contributed by atoms with Gasteiger partial charge in [-0.15, -0.1) is 0 Å². The number of phenolic OH excluding ortho intramolecular Hbond substituents is 1. The fraction of sp³-hybridized carbons (Fsp3) is 0.318. The minimum atomic E-state index is -5.00. The number of anilines is 1. The Morgan fingerprint density at radius 3 is 2.65 bits per heavy atom. The van der Waals surface area contributed by atoms with Crippen LogP contribution >= 0.6 is 0 Å². The van der Waals surface area contributed by atoms with Gasteiger partial charge >= 0.3 is 6.18 Å². The number of pyridine rings is 1. The molecule has 1 aliphatic rings. The summed E-state index contributed by atoms with van der Waals surface area (Å²) in [5.74, 6) is -1.65. The number of fused-ring (bicyclic) bond motifs is 2. The van der Waals surface area contributed by atoms with E-state index in [9.17, 15) is 32.6 Å². The maximum atomic E-state index is 14.2. The number of phenols is 1. The van der Waals surface area contributed by atoms with Crippen molar-refractivity contribution in [3.05, 3.63) is 69.8 Å². The van der Waals surface area contributed by atoms with Gasteiger partial charge in [-0.3, -0.25) is 4.79 Å². The van der Waals surface area contributed by atoms with E-state index in [1.54, 1.807) is 6.92 Å². The number of halogens is 4. The smallest absolute Gasteiger partial charge is 0.419 e. The normalized spacial score (nSPS) is 23.5. The molecule has 5 nitrogen and oxygen atoms in total. The Bertz CT molecular complexity index is 1210. The SMILES string of the molecule is CC[C@@H]1C[C@](O)(C(F)(F)F)[C@@H](Nc2cc(F)cc3[nH]c(=O)ccc23)c2cccc(O)c21. The quantitative estimate of drug-likeness (QED) is 0.448. The molecule has 2 aromatic carbocycles. The molecule has 3 aromatic rings. The van der Waals surface area contributed by atoms with Gasteiger partial charge in [-0.1, -0.05) is 19.1 Å². The van der Waals surface area contributed by atoms with Crippen LogP contribution < -0.4 is 10.9 Å². The molecule has 0 amide bonds. The molecule has 164 valence electrons. The summed E-state index contributed by atoms with van der Waals surface area (Å²) in [4.78, 5) is 14.0. The van der Waals surface area contributed by atoms with Crippen LogP contribution in [0.4, 0.5) is 23.2 Å². The molecule has 0 radical (unpaired) electrons. The molecular formula is C22H20F4N2O3. The number of hydrogen-bond acceptors (Lipinski definition) is 4. The van der Waals surface area contributed by atoms with Crippen LogP contribution in [-0.2, 0) is 0 Å². The van der Waals surface area contributed by atoms with Crippen LogP contribution in [-0.4, -0.2) is 27.0 Å². The molecule has 0 saturated heterocycles. The average molecular weight is 436 g/mol. The van der Waals surface area contributed by atoms with Crippen molar-refractivity contribution in [2.45, 2.75) is 43.5 Å². The molecule has 4 rings (SSSR count). The third-order valence-electron chi connectivity index (χ3n) is 5.96. The van der Waals surface area contributed by atoms with Crippen molar-refractivity contribution < 1.29 is 27.8 Å². The van der Waals surface area contributed by atoms with Crippen LogP contribution in [0.25, 0.3) is 10.9 Å². The van der Waals surface area contributed by atoms with Gasteiger partial charge in [0.2, 0.25) is 5.56 Å². The average Bonchev–Trinajstić information content (AvgIpc) is 2.68. The lowest BCUT2D eigenvalue weighted by Crippen LogP contribution is -2.55. The molecule has 0 fully saturated rings. The van der Waals surface area contributed by atoms with E-state index in [1.807, 2.05) is 0 Å². The highest BCUT2D eigenvalue weighted by Crippen LogP contribution is 2.55. The second kappa shape index (κ2) is 7.26. The van der Waals surface area contributed by atoms with Crippen LogP contribution in [0.15, 0.2) is 47.3 Å². The van der Waals surface area contributed by atoms with Gasteiger partial charge in [-0.05, 0) is 48.6 Å². The van der Waals surface area contributed by atoms with E-state index in [1.165, 1.54) is 30.3 Å². The number of rotatable bonds is 3. The summed E-state index contributed by atoms with van der Waals surface area (Å²) >= 11 is 0. The Balaban J connectivity index is 1.94. The molecule has 4 N–H and O–H groups in total. The van der Waals surface area contributed by atoms with Crippen molar-refractivity contribution in [3.63, 3.8) is 0 Å². The predicted octanol–water partition coefficient (Wildman–Crippen LogP) is 4.72. The summed E-state index contributed by atoms with van der Waals surface area (Å²) in [6.07, 6.45) is -5.39. The Kier molecular flexibility index (Phi) is 4.96. The highest BCUT2D eigenvalue weighted by atomic mass is 19.4. The summed E-state index contributed by atoms with van der Waals surface area (Å²) in [7, 11) is 0. The second-order valence-electron chi connectivity index (χ2n) is 7.83. The van der Waals surface area contributed by atoms with Gasteiger partial charge in [0, 0.05) is 22.7 Å². The van der Waals surface area contributed by atoms with E-state index >= 15 is 0 Å². The Morgan fingerprint density at radius 1 is 1.23 bits per heavy atom. The number of alkyl halides is 3.